The Balaban J connectivity index is 2.03. The number of carbonyl (C=O) groups excluding carboxylic acids is 1. The van der Waals surface area contributed by atoms with Crippen LogP contribution in [0.25, 0.3) is 0 Å². The Kier molecular flexibility index (Phi) is 4.93. The first kappa shape index (κ1) is 14.5. The van der Waals surface area contributed by atoms with Crippen molar-refractivity contribution < 1.29 is 9.18 Å². The molecule has 0 radical (unpaired) electrons. The van der Waals surface area contributed by atoms with Gasteiger partial charge in [0.25, 0.3) is 0 Å². The minimum absolute atomic E-state index is 0.0589. The highest BCUT2D eigenvalue weighted by Gasteiger charge is 2.21. The van der Waals surface area contributed by atoms with Crippen molar-refractivity contribution in [3.63, 3.8) is 0 Å². The van der Waals surface area contributed by atoms with Gasteiger partial charge in [0, 0.05) is 24.0 Å². The van der Waals surface area contributed by atoms with E-state index in [2.05, 4.69) is 21.2 Å². The largest absolute Gasteiger partial charge is 0.313 e. The van der Waals surface area contributed by atoms with E-state index in [-0.39, 0.29) is 17.8 Å². The van der Waals surface area contributed by atoms with E-state index < -0.39 is 0 Å². The molecule has 0 aliphatic carbocycles. The lowest BCUT2D eigenvalue weighted by Gasteiger charge is -2.25. The van der Waals surface area contributed by atoms with Crippen LogP contribution in [0.4, 0.5) is 10.1 Å². The number of piperidine rings is 1. The molecule has 0 spiro atoms. The molecule has 1 heterocycles. The third-order valence-corrected chi connectivity index (χ3v) is 3.97. The number of rotatable bonds is 3. The third-order valence-electron chi connectivity index (χ3n) is 3.48. The topological polar surface area (TPSA) is 32.3 Å². The fraction of sp³-hybridized carbons (Fsp3) is 0.500. The maximum absolute atomic E-state index is 13.7. The van der Waals surface area contributed by atoms with E-state index in [9.17, 15) is 9.18 Å². The van der Waals surface area contributed by atoms with E-state index in [1.54, 1.807) is 19.2 Å². The quantitative estimate of drug-likeness (QED) is 0.924. The van der Waals surface area contributed by atoms with Gasteiger partial charge in [-0.25, -0.2) is 4.39 Å². The molecule has 0 aromatic heterocycles. The fourth-order valence-corrected chi connectivity index (χ4v) is 2.67. The molecule has 2 rings (SSSR count). The van der Waals surface area contributed by atoms with Crippen molar-refractivity contribution >= 4 is 27.5 Å². The van der Waals surface area contributed by atoms with Gasteiger partial charge >= 0.3 is 0 Å². The number of benzene rings is 1. The van der Waals surface area contributed by atoms with Crippen molar-refractivity contribution in [1.29, 1.82) is 0 Å². The van der Waals surface area contributed by atoms with Crippen LogP contribution in [0, 0.1) is 5.82 Å². The first-order valence-electron chi connectivity index (χ1n) is 6.53. The molecule has 1 aromatic carbocycles. The number of nitrogens with zero attached hydrogens (tertiary/aromatic N) is 1. The maximum Gasteiger partial charge on any atom is 0.228 e. The van der Waals surface area contributed by atoms with Crippen LogP contribution in [0.3, 0.4) is 0 Å². The van der Waals surface area contributed by atoms with Gasteiger partial charge in [-0.05, 0) is 37.6 Å². The molecule has 0 saturated carbocycles. The highest BCUT2D eigenvalue weighted by atomic mass is 79.9. The Hall–Kier alpha value is -0.940. The summed E-state index contributed by atoms with van der Waals surface area (Å²) in [5.41, 5.74) is 0.315. The first-order chi connectivity index (χ1) is 9.08. The number of anilines is 1. The normalized spacial score (nSPS) is 19.2. The Labute approximate surface area is 121 Å². The summed E-state index contributed by atoms with van der Waals surface area (Å²) in [5.74, 6) is -0.438. The summed E-state index contributed by atoms with van der Waals surface area (Å²) in [7, 11) is 1.62. The summed E-state index contributed by atoms with van der Waals surface area (Å²) in [6.45, 7) is 0.965. The number of halogens is 2. The van der Waals surface area contributed by atoms with Crippen LogP contribution in [0.2, 0.25) is 0 Å². The van der Waals surface area contributed by atoms with Gasteiger partial charge in [0.15, 0.2) is 0 Å². The molecule has 3 nitrogen and oxygen atoms in total. The minimum atomic E-state index is -0.379. The summed E-state index contributed by atoms with van der Waals surface area (Å²) >= 11 is 3.30. The molecule has 1 saturated heterocycles. The molecule has 19 heavy (non-hydrogen) atoms. The zero-order chi connectivity index (χ0) is 13.8. The first-order valence-corrected chi connectivity index (χ1v) is 7.32. The lowest BCUT2D eigenvalue weighted by molar-refractivity contribution is -0.118. The van der Waals surface area contributed by atoms with Gasteiger partial charge in [-0.1, -0.05) is 22.4 Å². The van der Waals surface area contributed by atoms with E-state index >= 15 is 0 Å². The lowest BCUT2D eigenvalue weighted by Crippen LogP contribution is -2.39. The molecular formula is C14H18BrFN2O. The van der Waals surface area contributed by atoms with Crippen LogP contribution in [-0.2, 0) is 4.79 Å². The molecule has 1 fully saturated rings. The van der Waals surface area contributed by atoms with Crippen molar-refractivity contribution in [2.75, 3.05) is 18.5 Å². The zero-order valence-electron chi connectivity index (χ0n) is 11.0. The molecule has 1 unspecified atom stereocenters. The molecule has 1 atom stereocenters. The van der Waals surface area contributed by atoms with Crippen molar-refractivity contribution in [1.82, 2.24) is 5.32 Å². The SMILES string of the molecule is CN(C(=O)CC1CCCCN1)c1cc(Br)ccc1F. The lowest BCUT2D eigenvalue weighted by atomic mass is 10.0. The second-order valence-electron chi connectivity index (χ2n) is 4.90. The average Bonchev–Trinajstić information content (AvgIpc) is 2.42. The average molecular weight is 329 g/mol. The van der Waals surface area contributed by atoms with Gasteiger partial charge in [-0.3, -0.25) is 4.79 Å². The minimum Gasteiger partial charge on any atom is -0.313 e. The Morgan fingerprint density at radius 2 is 2.32 bits per heavy atom. The predicted octanol–water partition coefficient (Wildman–Crippen LogP) is 3.08. The number of amides is 1. The maximum atomic E-state index is 13.7. The van der Waals surface area contributed by atoms with Crippen molar-refractivity contribution in [2.24, 2.45) is 0 Å². The molecule has 1 aliphatic rings. The molecule has 1 aliphatic heterocycles. The second-order valence-corrected chi connectivity index (χ2v) is 5.82. The molecular weight excluding hydrogens is 311 g/mol. The standard InChI is InChI=1S/C14H18BrFN2O/c1-18(13-8-10(15)5-6-12(13)16)14(19)9-11-4-2-3-7-17-11/h5-6,8,11,17H,2-4,7,9H2,1H3. The summed E-state index contributed by atoms with van der Waals surface area (Å²) in [6, 6.07) is 4.84. The zero-order valence-corrected chi connectivity index (χ0v) is 12.5. The van der Waals surface area contributed by atoms with Crippen LogP contribution in [0.1, 0.15) is 25.7 Å². The van der Waals surface area contributed by atoms with Crippen LogP contribution in [0.5, 0.6) is 0 Å². The Morgan fingerprint density at radius 1 is 1.53 bits per heavy atom. The summed E-state index contributed by atoms with van der Waals surface area (Å²) in [4.78, 5) is 13.6. The van der Waals surface area contributed by atoms with E-state index in [4.69, 9.17) is 0 Å². The molecule has 1 N–H and O–H groups in total. The van der Waals surface area contributed by atoms with Crippen molar-refractivity contribution in [2.45, 2.75) is 31.7 Å². The molecule has 1 aromatic rings. The second kappa shape index (κ2) is 6.48. The van der Waals surface area contributed by atoms with Crippen LogP contribution < -0.4 is 10.2 Å². The summed E-state index contributed by atoms with van der Waals surface area (Å²) in [5, 5.41) is 3.33. The highest BCUT2D eigenvalue weighted by Crippen LogP contribution is 2.24. The van der Waals surface area contributed by atoms with E-state index in [1.807, 2.05) is 0 Å². The van der Waals surface area contributed by atoms with Gasteiger partial charge in [0.2, 0.25) is 5.91 Å². The highest BCUT2D eigenvalue weighted by molar-refractivity contribution is 9.10. The van der Waals surface area contributed by atoms with Crippen LogP contribution in [0.15, 0.2) is 22.7 Å². The van der Waals surface area contributed by atoms with Crippen LogP contribution in [-0.4, -0.2) is 25.5 Å². The molecule has 1 amide bonds. The molecule has 5 heteroatoms. The number of carbonyl (C=O) groups is 1. The molecule has 104 valence electrons. The molecule has 0 bridgehead atoms. The number of hydrogen-bond donors (Lipinski definition) is 1. The van der Waals surface area contributed by atoms with Crippen molar-refractivity contribution in [3.8, 4) is 0 Å². The Bertz CT molecular complexity index is 461. The van der Waals surface area contributed by atoms with E-state index in [0.29, 0.717) is 12.1 Å². The summed E-state index contributed by atoms with van der Waals surface area (Å²) in [6.07, 6.45) is 3.75. The van der Waals surface area contributed by atoms with Crippen molar-refractivity contribution in [3.05, 3.63) is 28.5 Å². The third kappa shape index (κ3) is 3.76. The van der Waals surface area contributed by atoms with Gasteiger partial charge < -0.3 is 10.2 Å². The van der Waals surface area contributed by atoms with Gasteiger partial charge in [0.1, 0.15) is 5.82 Å². The van der Waals surface area contributed by atoms with E-state index in [1.165, 1.54) is 17.4 Å². The monoisotopic (exact) mass is 328 g/mol. The fourth-order valence-electron chi connectivity index (χ4n) is 2.32. The Morgan fingerprint density at radius 3 is 3.00 bits per heavy atom. The smallest absolute Gasteiger partial charge is 0.228 e. The van der Waals surface area contributed by atoms with Gasteiger partial charge in [0.05, 0.1) is 5.69 Å². The number of hydrogen-bond acceptors (Lipinski definition) is 2. The van der Waals surface area contributed by atoms with Gasteiger partial charge in [-0.15, -0.1) is 0 Å². The predicted molar refractivity (Wildman–Crippen MR) is 77.8 cm³/mol. The van der Waals surface area contributed by atoms with E-state index in [0.717, 1.165) is 23.9 Å². The van der Waals surface area contributed by atoms with Crippen LogP contribution >= 0.6 is 15.9 Å². The summed E-state index contributed by atoms with van der Waals surface area (Å²) < 4.78 is 14.5. The number of nitrogens with one attached hydrogen (secondary N) is 1. The van der Waals surface area contributed by atoms with Gasteiger partial charge in [-0.2, -0.15) is 0 Å².